The van der Waals surface area contributed by atoms with Crippen molar-refractivity contribution in [1.82, 2.24) is 19.2 Å². The molecule has 3 heterocycles. The fourth-order valence-corrected chi connectivity index (χ4v) is 5.50. The number of carbonyl (C=O) groups excluding carboxylic acids is 1. The van der Waals surface area contributed by atoms with Gasteiger partial charge >= 0.3 is 0 Å². The Kier molecular flexibility index (Phi) is 6.98. The summed E-state index contributed by atoms with van der Waals surface area (Å²) in [5.41, 5.74) is 2.57. The molecule has 5 rings (SSSR count). The van der Waals surface area contributed by atoms with Gasteiger partial charge in [-0.2, -0.15) is 4.37 Å². The molecule has 0 bridgehead atoms. The smallest absolute Gasteiger partial charge is 0.225 e. The highest BCUT2D eigenvalue weighted by molar-refractivity contribution is 7.09. The van der Waals surface area contributed by atoms with Crippen LogP contribution in [-0.2, 0) is 17.8 Å². The zero-order valence-electron chi connectivity index (χ0n) is 19.0. The molecule has 2 aliphatic rings. The van der Waals surface area contributed by atoms with E-state index in [-0.39, 0.29) is 5.92 Å². The van der Waals surface area contributed by atoms with E-state index < -0.39 is 0 Å². The summed E-state index contributed by atoms with van der Waals surface area (Å²) < 4.78 is 4.56. The first-order valence-corrected chi connectivity index (χ1v) is 12.7. The van der Waals surface area contributed by atoms with Crippen molar-refractivity contribution < 1.29 is 4.79 Å². The lowest BCUT2D eigenvalue weighted by atomic mass is 9.95. The molecule has 3 aromatic rings. The first-order valence-electron chi connectivity index (χ1n) is 11.9. The van der Waals surface area contributed by atoms with Crippen molar-refractivity contribution in [2.75, 3.05) is 44.2 Å². The lowest BCUT2D eigenvalue weighted by Gasteiger charge is -2.38. The third kappa shape index (κ3) is 5.60. The van der Waals surface area contributed by atoms with Gasteiger partial charge in [0, 0.05) is 69.7 Å². The average Bonchev–Trinajstić information content (AvgIpc) is 3.34. The molecule has 0 unspecified atom stereocenters. The highest BCUT2D eigenvalue weighted by atomic mass is 32.1. The molecule has 2 aromatic carbocycles. The van der Waals surface area contributed by atoms with E-state index in [1.165, 1.54) is 22.7 Å². The Labute approximate surface area is 200 Å². The predicted octanol–water partition coefficient (Wildman–Crippen LogP) is 3.69. The monoisotopic (exact) mass is 461 g/mol. The molecule has 6 nitrogen and oxygen atoms in total. The SMILES string of the molecule is O=C(C1CCN(c2nc(Cc3ccccc3)ns2)CC1)N1CCN(Cc2ccccc2)CC1. The van der Waals surface area contributed by atoms with Gasteiger partial charge in [-0.25, -0.2) is 4.98 Å². The summed E-state index contributed by atoms with van der Waals surface area (Å²) in [6.45, 7) is 6.31. The highest BCUT2D eigenvalue weighted by Crippen LogP contribution is 2.27. The lowest BCUT2D eigenvalue weighted by molar-refractivity contribution is -0.138. The molecule has 172 valence electrons. The van der Waals surface area contributed by atoms with E-state index in [0.717, 1.165) is 76.0 Å². The summed E-state index contributed by atoms with van der Waals surface area (Å²) in [6.07, 6.45) is 2.57. The molecule has 1 amide bonds. The van der Waals surface area contributed by atoms with Crippen molar-refractivity contribution in [3.8, 4) is 0 Å². The number of aromatic nitrogens is 2. The number of piperidine rings is 1. The van der Waals surface area contributed by atoms with Gasteiger partial charge in [0.1, 0.15) is 5.82 Å². The Balaban J connectivity index is 1.08. The van der Waals surface area contributed by atoms with Crippen LogP contribution in [0.5, 0.6) is 0 Å². The van der Waals surface area contributed by atoms with Crippen molar-refractivity contribution in [1.29, 1.82) is 0 Å². The minimum Gasteiger partial charge on any atom is -0.347 e. The van der Waals surface area contributed by atoms with Crippen molar-refractivity contribution in [3.05, 3.63) is 77.6 Å². The number of benzene rings is 2. The first kappa shape index (κ1) is 22.0. The largest absolute Gasteiger partial charge is 0.347 e. The Morgan fingerprint density at radius 1 is 0.848 bits per heavy atom. The average molecular weight is 462 g/mol. The fraction of sp³-hybridized carbons (Fsp3) is 0.423. The van der Waals surface area contributed by atoms with Crippen LogP contribution in [-0.4, -0.2) is 64.3 Å². The van der Waals surface area contributed by atoms with Gasteiger partial charge in [0.05, 0.1) is 0 Å². The van der Waals surface area contributed by atoms with Crippen LogP contribution in [0.1, 0.15) is 29.8 Å². The second-order valence-corrected chi connectivity index (χ2v) is 9.73. The fourth-order valence-electron chi connectivity index (χ4n) is 4.77. The summed E-state index contributed by atoms with van der Waals surface area (Å²) in [4.78, 5) is 24.7. The van der Waals surface area contributed by atoms with Gasteiger partial charge in [-0.3, -0.25) is 9.69 Å². The Morgan fingerprint density at radius 2 is 1.48 bits per heavy atom. The molecule has 7 heteroatoms. The summed E-state index contributed by atoms with van der Waals surface area (Å²) in [5, 5.41) is 0.987. The minimum atomic E-state index is 0.138. The molecule has 1 aromatic heterocycles. The molecule has 0 spiro atoms. The van der Waals surface area contributed by atoms with Crippen LogP contribution in [0.2, 0.25) is 0 Å². The third-order valence-electron chi connectivity index (χ3n) is 6.71. The number of nitrogens with zero attached hydrogens (tertiary/aromatic N) is 5. The van der Waals surface area contributed by atoms with Crippen LogP contribution in [0.15, 0.2) is 60.7 Å². The van der Waals surface area contributed by atoms with Gasteiger partial charge in [-0.05, 0) is 24.0 Å². The molecule has 33 heavy (non-hydrogen) atoms. The van der Waals surface area contributed by atoms with Gasteiger partial charge in [-0.15, -0.1) is 0 Å². The van der Waals surface area contributed by atoms with Crippen molar-refractivity contribution in [2.24, 2.45) is 5.92 Å². The molecule has 0 N–H and O–H groups in total. The normalized spacial score (nSPS) is 17.9. The molecular weight excluding hydrogens is 430 g/mol. The molecule has 2 saturated heterocycles. The zero-order valence-corrected chi connectivity index (χ0v) is 19.8. The highest BCUT2D eigenvalue weighted by Gasteiger charge is 2.31. The second kappa shape index (κ2) is 10.4. The summed E-state index contributed by atoms with van der Waals surface area (Å²) in [5.74, 6) is 1.36. The van der Waals surface area contributed by atoms with E-state index in [1.54, 1.807) is 0 Å². The summed E-state index contributed by atoms with van der Waals surface area (Å²) in [7, 11) is 0. The van der Waals surface area contributed by atoms with E-state index >= 15 is 0 Å². The topological polar surface area (TPSA) is 52.6 Å². The van der Waals surface area contributed by atoms with Crippen molar-refractivity contribution >= 4 is 22.6 Å². The first-order chi connectivity index (χ1) is 16.2. The molecule has 0 saturated carbocycles. The Bertz CT molecular complexity index is 1030. The van der Waals surface area contributed by atoms with Gasteiger partial charge in [0.25, 0.3) is 0 Å². The van der Waals surface area contributed by atoms with Gasteiger partial charge < -0.3 is 9.80 Å². The number of hydrogen-bond acceptors (Lipinski definition) is 6. The van der Waals surface area contributed by atoms with E-state index in [1.807, 2.05) is 18.2 Å². The van der Waals surface area contributed by atoms with Crippen LogP contribution < -0.4 is 4.90 Å². The molecule has 0 aliphatic carbocycles. The molecule has 2 aliphatic heterocycles. The maximum atomic E-state index is 13.1. The van der Waals surface area contributed by atoms with Crippen LogP contribution >= 0.6 is 11.5 Å². The van der Waals surface area contributed by atoms with Crippen LogP contribution in [0.4, 0.5) is 5.13 Å². The summed E-state index contributed by atoms with van der Waals surface area (Å²) >= 11 is 1.48. The van der Waals surface area contributed by atoms with E-state index in [0.29, 0.717) is 5.91 Å². The maximum absolute atomic E-state index is 13.1. The van der Waals surface area contributed by atoms with Crippen LogP contribution in [0.25, 0.3) is 0 Å². The molecule has 2 fully saturated rings. The second-order valence-electron chi connectivity index (χ2n) is 9.00. The van der Waals surface area contributed by atoms with E-state index in [4.69, 9.17) is 4.98 Å². The number of piperazine rings is 1. The minimum absolute atomic E-state index is 0.138. The number of hydrogen-bond donors (Lipinski definition) is 0. The molecule has 0 atom stereocenters. The van der Waals surface area contributed by atoms with Gasteiger partial charge in [-0.1, -0.05) is 60.7 Å². The zero-order chi connectivity index (χ0) is 22.5. The maximum Gasteiger partial charge on any atom is 0.225 e. The van der Waals surface area contributed by atoms with Crippen molar-refractivity contribution in [3.63, 3.8) is 0 Å². The van der Waals surface area contributed by atoms with E-state index in [2.05, 4.69) is 61.5 Å². The van der Waals surface area contributed by atoms with E-state index in [9.17, 15) is 4.79 Å². The molecule has 0 radical (unpaired) electrons. The van der Waals surface area contributed by atoms with Crippen LogP contribution in [0, 0.1) is 5.92 Å². The number of rotatable bonds is 6. The Hall–Kier alpha value is -2.77. The third-order valence-corrected chi connectivity index (χ3v) is 7.52. The lowest BCUT2D eigenvalue weighted by Crippen LogP contribution is -2.51. The Morgan fingerprint density at radius 3 is 2.15 bits per heavy atom. The predicted molar refractivity (Wildman–Crippen MR) is 132 cm³/mol. The standard InChI is InChI=1S/C26H31N5OS/c32-25(30-17-15-29(16-18-30)20-22-9-5-2-6-10-22)23-11-13-31(14-12-23)26-27-24(28-33-26)19-21-7-3-1-4-8-21/h1-10,23H,11-20H2. The quantitative estimate of drug-likeness (QED) is 0.560. The van der Waals surface area contributed by atoms with Crippen LogP contribution in [0.3, 0.4) is 0 Å². The number of anilines is 1. The van der Waals surface area contributed by atoms with Gasteiger partial charge in [0.15, 0.2) is 0 Å². The summed E-state index contributed by atoms with van der Waals surface area (Å²) in [6, 6.07) is 20.9. The number of carbonyl (C=O) groups is 1. The van der Waals surface area contributed by atoms with Crippen molar-refractivity contribution in [2.45, 2.75) is 25.8 Å². The van der Waals surface area contributed by atoms with Gasteiger partial charge in [0.2, 0.25) is 11.0 Å². The number of amides is 1. The molecular formula is C26H31N5OS.